The summed E-state index contributed by atoms with van der Waals surface area (Å²) in [6.45, 7) is 3.22. The molecule has 0 radical (unpaired) electrons. The third kappa shape index (κ3) is 2.58. The summed E-state index contributed by atoms with van der Waals surface area (Å²) in [5.41, 5.74) is 2.41. The number of aliphatic hydroxyl groups is 1. The number of rotatable bonds is 4. The van der Waals surface area contributed by atoms with Gasteiger partial charge in [0.1, 0.15) is 0 Å². The molecule has 1 aliphatic heterocycles. The van der Waals surface area contributed by atoms with E-state index in [0.29, 0.717) is 6.04 Å². The molecule has 20 heavy (non-hydrogen) atoms. The van der Waals surface area contributed by atoms with E-state index in [9.17, 15) is 5.11 Å². The van der Waals surface area contributed by atoms with Crippen LogP contribution in [0.1, 0.15) is 63.5 Å². The minimum absolute atomic E-state index is 0.323. The van der Waals surface area contributed by atoms with Crippen LogP contribution < -0.4 is 4.90 Å². The summed E-state index contributed by atoms with van der Waals surface area (Å²) in [7, 11) is 0. The first kappa shape index (κ1) is 13.9. The van der Waals surface area contributed by atoms with Crippen LogP contribution in [0.3, 0.4) is 0 Å². The van der Waals surface area contributed by atoms with Gasteiger partial charge in [-0.25, -0.2) is 0 Å². The molecule has 2 unspecified atom stereocenters. The first-order chi connectivity index (χ1) is 9.81. The lowest BCUT2D eigenvalue weighted by Gasteiger charge is -2.33. The quantitative estimate of drug-likeness (QED) is 0.884. The van der Waals surface area contributed by atoms with E-state index >= 15 is 0 Å². The van der Waals surface area contributed by atoms with Gasteiger partial charge in [-0.2, -0.15) is 0 Å². The molecule has 0 bridgehead atoms. The van der Waals surface area contributed by atoms with E-state index in [4.69, 9.17) is 0 Å². The molecular formula is C18H27NO. The molecule has 2 fully saturated rings. The Kier molecular flexibility index (Phi) is 4.30. The Hall–Kier alpha value is -1.02. The second kappa shape index (κ2) is 6.17. The molecule has 0 aromatic heterocycles. The fourth-order valence-corrected chi connectivity index (χ4v) is 4.17. The van der Waals surface area contributed by atoms with Crippen molar-refractivity contribution >= 4 is 5.69 Å². The molecule has 110 valence electrons. The van der Waals surface area contributed by atoms with Gasteiger partial charge in [-0.05, 0) is 44.1 Å². The highest BCUT2D eigenvalue weighted by Crippen LogP contribution is 2.40. The fraction of sp³-hybridized carbons (Fsp3) is 0.667. The minimum atomic E-state index is -0.323. The van der Waals surface area contributed by atoms with E-state index in [-0.39, 0.29) is 6.10 Å². The fourth-order valence-electron chi connectivity index (χ4n) is 4.17. The van der Waals surface area contributed by atoms with Crippen molar-refractivity contribution in [3.05, 3.63) is 29.8 Å². The zero-order valence-corrected chi connectivity index (χ0v) is 12.6. The molecular weight excluding hydrogens is 246 g/mol. The van der Waals surface area contributed by atoms with Gasteiger partial charge in [-0.3, -0.25) is 0 Å². The van der Waals surface area contributed by atoms with Gasteiger partial charge in [0.05, 0.1) is 6.10 Å². The maximum absolute atomic E-state index is 10.3. The normalized spacial score (nSPS) is 25.3. The zero-order chi connectivity index (χ0) is 13.9. The monoisotopic (exact) mass is 273 g/mol. The van der Waals surface area contributed by atoms with E-state index in [0.717, 1.165) is 24.4 Å². The molecule has 2 heteroatoms. The van der Waals surface area contributed by atoms with Crippen LogP contribution in [0.5, 0.6) is 0 Å². The van der Waals surface area contributed by atoms with Crippen LogP contribution >= 0.6 is 0 Å². The van der Waals surface area contributed by atoms with Gasteiger partial charge >= 0.3 is 0 Å². The molecule has 1 saturated carbocycles. The van der Waals surface area contributed by atoms with Crippen LogP contribution in [0.25, 0.3) is 0 Å². The number of para-hydroxylation sites is 1. The molecule has 2 aliphatic rings. The van der Waals surface area contributed by atoms with Gasteiger partial charge in [0.2, 0.25) is 0 Å². The number of nitrogens with zero attached hydrogens (tertiary/aromatic N) is 1. The van der Waals surface area contributed by atoms with Gasteiger partial charge in [0.25, 0.3) is 0 Å². The summed E-state index contributed by atoms with van der Waals surface area (Å²) in [6, 6.07) is 9.20. The lowest BCUT2D eigenvalue weighted by molar-refractivity contribution is 0.174. The van der Waals surface area contributed by atoms with Crippen molar-refractivity contribution in [2.24, 2.45) is 5.92 Å². The molecule has 1 saturated heterocycles. The third-order valence-electron chi connectivity index (χ3n) is 5.24. The third-order valence-corrected chi connectivity index (χ3v) is 5.24. The van der Waals surface area contributed by atoms with Crippen LogP contribution in [-0.2, 0) is 0 Å². The summed E-state index contributed by atoms with van der Waals surface area (Å²) >= 11 is 0. The molecule has 1 aromatic carbocycles. The molecule has 1 heterocycles. The summed E-state index contributed by atoms with van der Waals surface area (Å²) in [5, 5.41) is 10.3. The minimum Gasteiger partial charge on any atom is -0.388 e. The lowest BCUT2D eigenvalue weighted by atomic mass is 9.94. The second-order valence-electron chi connectivity index (χ2n) is 6.43. The summed E-state index contributed by atoms with van der Waals surface area (Å²) in [6.07, 6.45) is 8.73. The Morgan fingerprint density at radius 2 is 1.90 bits per heavy atom. The molecule has 0 amide bonds. The van der Waals surface area contributed by atoms with Crippen molar-refractivity contribution in [1.82, 2.24) is 0 Å². The highest BCUT2D eigenvalue weighted by Gasteiger charge is 2.34. The number of hydrogen-bond donors (Lipinski definition) is 1. The Labute approximate surface area is 122 Å². The maximum atomic E-state index is 10.3. The number of benzene rings is 1. The van der Waals surface area contributed by atoms with E-state index in [1.807, 2.05) is 0 Å². The van der Waals surface area contributed by atoms with E-state index in [2.05, 4.69) is 36.1 Å². The number of hydrogen-bond acceptors (Lipinski definition) is 2. The Bertz CT molecular complexity index is 439. The van der Waals surface area contributed by atoms with Gasteiger partial charge in [-0.1, -0.05) is 38.0 Å². The molecule has 2 atom stereocenters. The van der Waals surface area contributed by atoms with Crippen molar-refractivity contribution < 1.29 is 5.11 Å². The Morgan fingerprint density at radius 3 is 2.65 bits per heavy atom. The first-order valence-corrected chi connectivity index (χ1v) is 8.35. The van der Waals surface area contributed by atoms with Crippen molar-refractivity contribution in [1.29, 1.82) is 0 Å². The van der Waals surface area contributed by atoms with Crippen LogP contribution in [-0.4, -0.2) is 17.7 Å². The maximum Gasteiger partial charge on any atom is 0.0807 e. The molecule has 0 spiro atoms. The molecule has 1 aliphatic carbocycles. The molecule has 3 rings (SSSR count). The van der Waals surface area contributed by atoms with Gasteiger partial charge in [0, 0.05) is 23.8 Å². The van der Waals surface area contributed by atoms with Gasteiger partial charge in [-0.15, -0.1) is 0 Å². The van der Waals surface area contributed by atoms with Crippen LogP contribution in [0.4, 0.5) is 5.69 Å². The van der Waals surface area contributed by atoms with Crippen LogP contribution in [0.15, 0.2) is 24.3 Å². The van der Waals surface area contributed by atoms with Gasteiger partial charge in [0.15, 0.2) is 0 Å². The van der Waals surface area contributed by atoms with Crippen LogP contribution in [0.2, 0.25) is 0 Å². The predicted octanol–water partition coefficient (Wildman–Crippen LogP) is 4.29. The molecule has 1 aromatic rings. The van der Waals surface area contributed by atoms with E-state index in [1.165, 1.54) is 44.2 Å². The molecule has 1 N–H and O–H groups in total. The number of anilines is 1. The lowest BCUT2D eigenvalue weighted by Crippen LogP contribution is -2.35. The van der Waals surface area contributed by atoms with Crippen molar-refractivity contribution in [2.75, 3.05) is 11.4 Å². The highest BCUT2D eigenvalue weighted by molar-refractivity contribution is 5.56. The Balaban J connectivity index is 1.87. The topological polar surface area (TPSA) is 23.5 Å². The summed E-state index contributed by atoms with van der Waals surface area (Å²) in [5.74, 6) is 0.879. The smallest absolute Gasteiger partial charge is 0.0807 e. The van der Waals surface area contributed by atoms with E-state index in [1.54, 1.807) is 0 Å². The molecule has 2 nitrogen and oxygen atoms in total. The standard InChI is InChI=1S/C18H27NO/c1-2-18(20)15-10-5-6-11-17(15)19-13-7-12-16(19)14-8-3-4-9-14/h5-6,10-11,14,16,18,20H,2-4,7-9,12-13H2,1H3. The second-order valence-corrected chi connectivity index (χ2v) is 6.43. The van der Waals surface area contributed by atoms with Crippen molar-refractivity contribution in [3.8, 4) is 0 Å². The number of aliphatic hydroxyl groups excluding tert-OH is 1. The summed E-state index contributed by atoms with van der Waals surface area (Å²) < 4.78 is 0. The average molecular weight is 273 g/mol. The highest BCUT2D eigenvalue weighted by atomic mass is 16.3. The van der Waals surface area contributed by atoms with Crippen molar-refractivity contribution in [2.45, 2.75) is 64.0 Å². The Morgan fingerprint density at radius 1 is 1.15 bits per heavy atom. The van der Waals surface area contributed by atoms with Crippen molar-refractivity contribution in [3.63, 3.8) is 0 Å². The zero-order valence-electron chi connectivity index (χ0n) is 12.6. The SMILES string of the molecule is CCC(O)c1ccccc1N1CCCC1C1CCCC1. The average Bonchev–Trinajstić information content (AvgIpc) is 3.16. The first-order valence-electron chi connectivity index (χ1n) is 8.35. The predicted molar refractivity (Wildman–Crippen MR) is 84.0 cm³/mol. The largest absolute Gasteiger partial charge is 0.388 e. The van der Waals surface area contributed by atoms with E-state index < -0.39 is 0 Å². The van der Waals surface area contributed by atoms with Gasteiger partial charge < -0.3 is 10.0 Å². The van der Waals surface area contributed by atoms with Crippen LogP contribution in [0, 0.1) is 5.92 Å². The summed E-state index contributed by atoms with van der Waals surface area (Å²) in [4.78, 5) is 2.60.